The van der Waals surface area contributed by atoms with E-state index in [1.807, 2.05) is 60.1 Å². The van der Waals surface area contributed by atoms with E-state index in [1.165, 1.54) is 12.3 Å². The van der Waals surface area contributed by atoms with E-state index in [2.05, 4.69) is 55.3 Å². The molecule has 3 aromatic rings. The lowest BCUT2D eigenvalue weighted by Crippen LogP contribution is -2.44. The number of ketones is 1. The van der Waals surface area contributed by atoms with Crippen LogP contribution >= 0.6 is 0 Å². The normalized spacial score (nSPS) is 20.2. The van der Waals surface area contributed by atoms with Gasteiger partial charge < -0.3 is 25.2 Å². The minimum absolute atomic E-state index is 0.0694. The summed E-state index contributed by atoms with van der Waals surface area (Å²) < 4.78 is 23.0. The lowest BCUT2D eigenvalue weighted by Gasteiger charge is -2.37. The zero-order valence-electron chi connectivity index (χ0n) is 33.8. The van der Waals surface area contributed by atoms with Crippen molar-refractivity contribution < 1.29 is 19.0 Å². The Morgan fingerprint density at radius 2 is 1.83 bits per heavy atom. The largest absolute Gasteiger partial charge is 0.481 e. The summed E-state index contributed by atoms with van der Waals surface area (Å²) >= 11 is 0. The molecule has 52 heavy (non-hydrogen) atoms. The summed E-state index contributed by atoms with van der Waals surface area (Å²) in [5, 5.41) is 25.8. The number of halogens is 1. The van der Waals surface area contributed by atoms with E-state index in [0.717, 1.165) is 65.4 Å². The van der Waals surface area contributed by atoms with Crippen LogP contribution in [0.2, 0.25) is 0 Å². The van der Waals surface area contributed by atoms with Gasteiger partial charge >= 0.3 is 0 Å². The highest BCUT2D eigenvalue weighted by atomic mass is 19.1. The third-order valence-corrected chi connectivity index (χ3v) is 10.0. The summed E-state index contributed by atoms with van der Waals surface area (Å²) in [7, 11) is 5.50. The first-order valence-electron chi connectivity index (χ1n) is 18.8. The monoisotopic (exact) mass is 720 g/mol. The van der Waals surface area contributed by atoms with Gasteiger partial charge in [0.15, 0.2) is 11.6 Å². The lowest BCUT2D eigenvalue weighted by atomic mass is 9.70. The summed E-state index contributed by atoms with van der Waals surface area (Å²) in [6.45, 7) is 16.6. The Morgan fingerprint density at radius 3 is 2.44 bits per heavy atom. The predicted octanol–water partition coefficient (Wildman–Crippen LogP) is 9.40. The number of nitrogens with zero attached hydrogens (tertiary/aromatic N) is 2. The quantitative estimate of drug-likeness (QED) is 0.100. The number of ether oxygens (including phenoxy) is 1. The van der Waals surface area contributed by atoms with Crippen LogP contribution in [0.4, 0.5) is 4.39 Å². The summed E-state index contributed by atoms with van der Waals surface area (Å²) in [4.78, 5) is 15.6. The number of rotatable bonds is 9. The van der Waals surface area contributed by atoms with E-state index in [9.17, 15) is 4.79 Å². The Bertz CT molecular complexity index is 1640. The Hall–Kier alpha value is -3.82. The fourth-order valence-corrected chi connectivity index (χ4v) is 6.72. The average molecular weight is 720 g/mol. The number of carbonyl (C=O) groups excluding carboxylic acids is 1. The van der Waals surface area contributed by atoms with E-state index >= 15 is 4.39 Å². The van der Waals surface area contributed by atoms with E-state index < -0.39 is 22.8 Å². The molecular weight excluding hydrogens is 654 g/mol. The molecule has 9 heteroatoms. The molecule has 2 heterocycles. The number of nitrogens with one attached hydrogen (secondary N) is 3. The molecule has 288 valence electrons. The van der Waals surface area contributed by atoms with E-state index in [-0.39, 0.29) is 23.7 Å². The molecule has 2 atom stereocenters. The molecule has 0 amide bonds. The number of hydrogen-bond donors (Lipinski definition) is 4. The van der Waals surface area contributed by atoms with Gasteiger partial charge in [-0.15, -0.1) is 0 Å². The van der Waals surface area contributed by atoms with Crippen molar-refractivity contribution in [2.75, 3.05) is 27.9 Å². The molecule has 8 nitrogen and oxygen atoms in total. The molecule has 0 fully saturated rings. The number of aromatic amines is 1. The van der Waals surface area contributed by atoms with Crippen molar-refractivity contribution in [2.24, 2.45) is 15.9 Å². The molecule has 4 rings (SSSR count). The van der Waals surface area contributed by atoms with Crippen molar-refractivity contribution in [1.82, 2.24) is 15.3 Å². The van der Waals surface area contributed by atoms with Gasteiger partial charge in [-0.1, -0.05) is 91.6 Å². The standard InChI is InChI=1S/C39H53FN4O2.C2H7NO.C2H6/c1-27(45)38(4,5)26-28-14-13-15-29(24-28)39(6)20-11-10-19-37(2,3)21-17-31-30-18-23-42-33(30)25-32(40)35(31)46-34(16-9-12-22-41)36(39)43-44(7)8;1-3-2-4;1-2/h9,12-15,18,22-25,34,41-42H,10-11,16-17,19-21,26H2,1-8H3;3-4H,2H2,1H3;1-2H3/b12-9-,41-22?,43-36+;;/t34?,39-;;/m1../s1. The summed E-state index contributed by atoms with van der Waals surface area (Å²) in [6, 6.07) is 12.1. The minimum Gasteiger partial charge on any atom is -0.481 e. The first-order valence-corrected chi connectivity index (χ1v) is 18.8. The van der Waals surface area contributed by atoms with Gasteiger partial charge in [0.1, 0.15) is 11.9 Å². The van der Waals surface area contributed by atoms with Crippen molar-refractivity contribution in [2.45, 2.75) is 118 Å². The van der Waals surface area contributed by atoms with Crippen molar-refractivity contribution in [1.29, 1.82) is 5.41 Å². The molecule has 1 aliphatic rings. The zero-order chi connectivity index (χ0) is 39.1. The van der Waals surface area contributed by atoms with Gasteiger partial charge in [0.05, 0.1) is 12.4 Å². The molecule has 1 aliphatic heterocycles. The fraction of sp³-hybridized carbons (Fsp3) is 0.558. The number of Topliss-reactive ketones (excluding diaryl/α,β-unsaturated/α-hetero) is 1. The molecule has 4 N–H and O–H groups in total. The van der Waals surface area contributed by atoms with Crippen LogP contribution < -0.4 is 10.1 Å². The molecule has 0 bridgehead atoms. The van der Waals surface area contributed by atoms with Crippen LogP contribution in [-0.4, -0.2) is 66.8 Å². The first kappa shape index (κ1) is 44.3. The van der Waals surface area contributed by atoms with E-state index in [0.29, 0.717) is 19.3 Å². The molecule has 1 unspecified atom stereocenters. The van der Waals surface area contributed by atoms with Crippen molar-refractivity contribution >= 4 is 28.6 Å². The molecule has 1 aromatic heterocycles. The highest BCUT2D eigenvalue weighted by molar-refractivity contribution is 5.99. The molecule has 2 aromatic carbocycles. The van der Waals surface area contributed by atoms with Gasteiger partial charge in [-0.3, -0.25) is 10.1 Å². The van der Waals surface area contributed by atoms with Crippen LogP contribution in [-0.2, 0) is 23.1 Å². The number of fused-ring (bicyclic) bond motifs is 3. The molecular formula is C43H66FN5O3. The van der Waals surface area contributed by atoms with Gasteiger partial charge in [-0.25, -0.2) is 4.39 Å². The average Bonchev–Trinajstić information content (AvgIpc) is 3.57. The zero-order valence-corrected chi connectivity index (χ0v) is 33.8. The number of aliphatic hydroxyl groups is 1. The summed E-state index contributed by atoms with van der Waals surface area (Å²) in [5.74, 6) is 0.0477. The number of allylic oxidation sites excluding steroid dienone is 1. The number of hydrazone groups is 1. The number of benzene rings is 2. The Balaban J connectivity index is 0.00000146. The highest BCUT2D eigenvalue weighted by Crippen LogP contribution is 2.41. The maximum atomic E-state index is 16.1. The molecule has 0 saturated carbocycles. The maximum Gasteiger partial charge on any atom is 0.167 e. The predicted molar refractivity (Wildman–Crippen MR) is 216 cm³/mol. The van der Waals surface area contributed by atoms with Gasteiger partial charge in [0.2, 0.25) is 0 Å². The van der Waals surface area contributed by atoms with Gasteiger partial charge in [0, 0.05) is 66.3 Å². The Kier molecular flexibility index (Phi) is 17.4. The molecule has 0 aliphatic carbocycles. The second-order valence-corrected chi connectivity index (χ2v) is 15.4. The second-order valence-electron chi connectivity index (χ2n) is 15.4. The Morgan fingerprint density at radius 1 is 1.15 bits per heavy atom. The third-order valence-electron chi connectivity index (χ3n) is 10.0. The van der Waals surface area contributed by atoms with Crippen molar-refractivity contribution in [3.05, 3.63) is 77.3 Å². The van der Waals surface area contributed by atoms with E-state index in [1.54, 1.807) is 25.1 Å². The van der Waals surface area contributed by atoms with Gasteiger partial charge in [-0.2, -0.15) is 5.10 Å². The van der Waals surface area contributed by atoms with Crippen LogP contribution in [0.5, 0.6) is 5.75 Å². The van der Waals surface area contributed by atoms with Crippen molar-refractivity contribution in [3.8, 4) is 5.75 Å². The Labute approximate surface area is 312 Å². The summed E-state index contributed by atoms with van der Waals surface area (Å²) in [6.07, 6.45) is 12.7. The number of aliphatic hydroxyl groups excluding tert-OH is 1. The number of carbonyl (C=O) groups is 1. The van der Waals surface area contributed by atoms with Crippen LogP contribution in [0.3, 0.4) is 0 Å². The minimum atomic E-state index is -0.598. The van der Waals surface area contributed by atoms with Crippen LogP contribution in [0.15, 0.2) is 59.8 Å². The number of aryl methyl sites for hydroxylation is 1. The highest BCUT2D eigenvalue weighted by Gasteiger charge is 2.40. The fourth-order valence-electron chi connectivity index (χ4n) is 6.72. The number of aromatic nitrogens is 1. The first-order chi connectivity index (χ1) is 24.6. The smallest absolute Gasteiger partial charge is 0.167 e. The second kappa shape index (κ2) is 20.4. The van der Waals surface area contributed by atoms with E-state index in [4.69, 9.17) is 20.4 Å². The lowest BCUT2D eigenvalue weighted by molar-refractivity contribution is -0.124. The van der Waals surface area contributed by atoms with Crippen LogP contribution in [0.1, 0.15) is 111 Å². The van der Waals surface area contributed by atoms with Crippen LogP contribution in [0.25, 0.3) is 10.9 Å². The SMILES string of the molecule is CC.CC(=O)C(C)(C)Cc1cccc([C@@]2(C)CCCCC(C)(C)CCc3c(c(F)cc4[nH]ccc34)OC(C/C=C\C=N)/C2=N\N(C)C)c1.CNCO. The molecule has 0 saturated heterocycles. The number of hydrogen-bond acceptors (Lipinski definition) is 7. The molecule has 0 radical (unpaired) electrons. The van der Waals surface area contributed by atoms with Crippen molar-refractivity contribution in [3.63, 3.8) is 0 Å². The third kappa shape index (κ3) is 12.1. The molecule has 0 spiro atoms. The van der Waals surface area contributed by atoms with Gasteiger partial charge in [0.25, 0.3) is 0 Å². The topological polar surface area (TPSA) is 114 Å². The van der Waals surface area contributed by atoms with Gasteiger partial charge in [-0.05, 0) is 74.8 Å². The maximum absolute atomic E-state index is 16.1. The summed E-state index contributed by atoms with van der Waals surface area (Å²) in [5.41, 5.74) is 3.68. The number of H-pyrrole nitrogens is 1. The van der Waals surface area contributed by atoms with Crippen LogP contribution in [0, 0.1) is 22.1 Å².